The van der Waals surface area contributed by atoms with E-state index in [4.69, 9.17) is 4.74 Å². The normalized spacial score (nSPS) is 27.8. The van der Waals surface area contributed by atoms with Crippen molar-refractivity contribution in [1.82, 2.24) is 4.90 Å². The van der Waals surface area contributed by atoms with Crippen LogP contribution in [0.4, 0.5) is 0 Å². The topological polar surface area (TPSA) is 49.8 Å². The van der Waals surface area contributed by atoms with Gasteiger partial charge >= 0.3 is 5.97 Å². The molecule has 3 unspecified atom stereocenters. The Morgan fingerprint density at radius 2 is 2.29 bits per heavy atom. The summed E-state index contributed by atoms with van der Waals surface area (Å²) in [5, 5.41) is 9.71. The van der Waals surface area contributed by atoms with Crippen molar-refractivity contribution in [3.63, 3.8) is 0 Å². The van der Waals surface area contributed by atoms with Crippen LogP contribution in [0.15, 0.2) is 0 Å². The fourth-order valence-corrected chi connectivity index (χ4v) is 2.43. The monoisotopic (exact) mass is 243 g/mol. The molecule has 1 rings (SSSR count). The highest BCUT2D eigenvalue weighted by Gasteiger charge is 2.32. The van der Waals surface area contributed by atoms with Crippen molar-refractivity contribution >= 4 is 5.97 Å². The van der Waals surface area contributed by atoms with Gasteiger partial charge in [-0.2, -0.15) is 0 Å². The van der Waals surface area contributed by atoms with Gasteiger partial charge in [0.1, 0.15) is 6.04 Å². The maximum Gasteiger partial charge on any atom is 0.323 e. The minimum absolute atomic E-state index is 0.130. The fourth-order valence-electron chi connectivity index (χ4n) is 2.43. The Morgan fingerprint density at radius 3 is 2.82 bits per heavy atom. The van der Waals surface area contributed by atoms with Gasteiger partial charge in [-0.05, 0) is 18.8 Å². The van der Waals surface area contributed by atoms with Gasteiger partial charge in [0.05, 0.1) is 13.2 Å². The summed E-state index contributed by atoms with van der Waals surface area (Å²) in [5.41, 5.74) is 0. The van der Waals surface area contributed by atoms with Crippen molar-refractivity contribution in [2.75, 3.05) is 20.2 Å². The molecule has 17 heavy (non-hydrogen) atoms. The first-order valence-electron chi connectivity index (χ1n) is 6.60. The van der Waals surface area contributed by atoms with E-state index < -0.39 is 0 Å². The highest BCUT2D eigenvalue weighted by Crippen LogP contribution is 2.21. The summed E-state index contributed by atoms with van der Waals surface area (Å²) < 4.78 is 4.88. The molecule has 0 aromatic carbocycles. The lowest BCUT2D eigenvalue weighted by molar-refractivity contribution is -0.149. The molecule has 0 saturated carbocycles. The largest absolute Gasteiger partial charge is 0.468 e. The summed E-state index contributed by atoms with van der Waals surface area (Å²) in [4.78, 5) is 13.9. The first-order chi connectivity index (χ1) is 8.10. The van der Waals surface area contributed by atoms with Gasteiger partial charge in [-0.3, -0.25) is 9.69 Å². The maximum atomic E-state index is 11.8. The average Bonchev–Trinajstić information content (AvgIpc) is 2.33. The zero-order chi connectivity index (χ0) is 12.8. The number of hydrogen-bond donors (Lipinski definition) is 1. The number of methoxy groups -OCH3 is 1. The number of esters is 1. The Kier molecular flexibility index (Phi) is 5.92. The average molecular weight is 243 g/mol. The molecule has 0 aromatic heterocycles. The molecular formula is C13H25NO3. The van der Waals surface area contributed by atoms with Crippen LogP contribution < -0.4 is 0 Å². The summed E-state index contributed by atoms with van der Waals surface area (Å²) in [5.74, 6) is 0.0968. The van der Waals surface area contributed by atoms with Crippen LogP contribution in [0.3, 0.4) is 0 Å². The third-order valence-electron chi connectivity index (χ3n) is 3.64. The fraction of sp³-hybridized carbons (Fsp3) is 0.923. The number of rotatable bonds is 5. The molecule has 0 aliphatic carbocycles. The second kappa shape index (κ2) is 6.97. The third kappa shape index (κ3) is 3.96. The van der Waals surface area contributed by atoms with Crippen molar-refractivity contribution in [3.8, 4) is 0 Å². The van der Waals surface area contributed by atoms with Crippen LogP contribution in [0, 0.1) is 5.92 Å². The Labute approximate surface area is 104 Å². The number of hydrogen-bond acceptors (Lipinski definition) is 4. The second-order valence-corrected chi connectivity index (χ2v) is 5.01. The Balaban J connectivity index is 2.59. The summed E-state index contributed by atoms with van der Waals surface area (Å²) >= 11 is 0. The molecule has 4 heteroatoms. The van der Waals surface area contributed by atoms with E-state index in [1.54, 1.807) is 0 Å². The van der Waals surface area contributed by atoms with Gasteiger partial charge in [0.25, 0.3) is 0 Å². The van der Waals surface area contributed by atoms with Crippen molar-refractivity contribution in [2.24, 2.45) is 5.92 Å². The van der Waals surface area contributed by atoms with E-state index >= 15 is 0 Å². The van der Waals surface area contributed by atoms with Crippen molar-refractivity contribution in [1.29, 1.82) is 0 Å². The summed E-state index contributed by atoms with van der Waals surface area (Å²) in [6.07, 6.45) is 3.50. The summed E-state index contributed by atoms with van der Waals surface area (Å²) in [6, 6.07) is -0.130. The number of nitrogens with zero attached hydrogens (tertiary/aromatic N) is 1. The van der Waals surface area contributed by atoms with Crippen LogP contribution in [0.2, 0.25) is 0 Å². The summed E-state index contributed by atoms with van der Waals surface area (Å²) in [7, 11) is 1.45. The Morgan fingerprint density at radius 1 is 1.59 bits per heavy atom. The maximum absolute atomic E-state index is 11.8. The molecule has 0 aromatic rings. The van der Waals surface area contributed by atoms with E-state index in [2.05, 4.69) is 11.8 Å². The van der Waals surface area contributed by atoms with Gasteiger partial charge in [-0.25, -0.2) is 0 Å². The molecule has 0 spiro atoms. The van der Waals surface area contributed by atoms with Gasteiger partial charge in [-0.1, -0.05) is 26.7 Å². The van der Waals surface area contributed by atoms with Crippen LogP contribution in [0.1, 0.15) is 39.5 Å². The molecule has 0 radical (unpaired) electrons. The van der Waals surface area contributed by atoms with E-state index in [0.29, 0.717) is 0 Å². The molecule has 0 amide bonds. The lowest BCUT2D eigenvalue weighted by Crippen LogP contribution is -2.50. The SMILES string of the molecule is CCCCC(C(=O)OC)N1CCC(O)C(C)C1. The lowest BCUT2D eigenvalue weighted by atomic mass is 9.94. The van der Waals surface area contributed by atoms with Crippen molar-refractivity contribution in [2.45, 2.75) is 51.7 Å². The van der Waals surface area contributed by atoms with E-state index in [-0.39, 0.29) is 24.0 Å². The third-order valence-corrected chi connectivity index (χ3v) is 3.64. The van der Waals surface area contributed by atoms with Crippen LogP contribution in [-0.2, 0) is 9.53 Å². The first-order valence-corrected chi connectivity index (χ1v) is 6.60. The number of likely N-dealkylation sites (tertiary alicyclic amines) is 1. The van der Waals surface area contributed by atoms with Gasteiger partial charge in [0.2, 0.25) is 0 Å². The van der Waals surface area contributed by atoms with Crippen molar-refractivity contribution in [3.05, 3.63) is 0 Å². The van der Waals surface area contributed by atoms with Crippen molar-refractivity contribution < 1.29 is 14.6 Å². The van der Waals surface area contributed by atoms with E-state index in [1.807, 2.05) is 6.92 Å². The number of ether oxygens (including phenoxy) is 1. The zero-order valence-corrected chi connectivity index (χ0v) is 11.2. The number of carbonyl (C=O) groups is 1. The van der Waals surface area contributed by atoms with Crippen LogP contribution >= 0.6 is 0 Å². The molecule has 1 N–H and O–H groups in total. The quantitative estimate of drug-likeness (QED) is 0.742. The molecular weight excluding hydrogens is 218 g/mol. The number of aliphatic hydroxyl groups is 1. The predicted octanol–water partition coefficient (Wildman–Crippen LogP) is 1.42. The number of aliphatic hydroxyl groups excluding tert-OH is 1. The highest BCUT2D eigenvalue weighted by atomic mass is 16.5. The van der Waals surface area contributed by atoms with Gasteiger partial charge in [-0.15, -0.1) is 0 Å². The summed E-state index contributed by atoms with van der Waals surface area (Å²) in [6.45, 7) is 5.72. The van der Waals surface area contributed by atoms with E-state index in [0.717, 1.165) is 38.8 Å². The standard InChI is InChI=1S/C13H25NO3/c1-4-5-6-11(13(16)17-3)14-8-7-12(15)10(2)9-14/h10-12,15H,4-9H2,1-3H3. The number of unbranched alkanes of at least 4 members (excludes halogenated alkanes) is 1. The Hall–Kier alpha value is -0.610. The molecule has 100 valence electrons. The predicted molar refractivity (Wildman–Crippen MR) is 66.7 cm³/mol. The number of piperidine rings is 1. The smallest absolute Gasteiger partial charge is 0.323 e. The van der Waals surface area contributed by atoms with Crippen LogP contribution in [-0.4, -0.2) is 48.3 Å². The van der Waals surface area contributed by atoms with Gasteiger partial charge in [0, 0.05) is 13.1 Å². The van der Waals surface area contributed by atoms with Crippen LogP contribution in [0.5, 0.6) is 0 Å². The van der Waals surface area contributed by atoms with E-state index in [9.17, 15) is 9.90 Å². The molecule has 1 fully saturated rings. The van der Waals surface area contributed by atoms with E-state index in [1.165, 1.54) is 7.11 Å². The molecule has 1 heterocycles. The highest BCUT2D eigenvalue weighted by molar-refractivity contribution is 5.75. The molecule has 1 aliphatic heterocycles. The molecule has 3 atom stereocenters. The Bertz CT molecular complexity index is 245. The first kappa shape index (κ1) is 14.5. The van der Waals surface area contributed by atoms with Gasteiger partial charge in [0.15, 0.2) is 0 Å². The minimum atomic E-state index is -0.226. The number of carbonyl (C=O) groups excluding carboxylic acids is 1. The minimum Gasteiger partial charge on any atom is -0.468 e. The second-order valence-electron chi connectivity index (χ2n) is 5.01. The van der Waals surface area contributed by atoms with Gasteiger partial charge < -0.3 is 9.84 Å². The van der Waals surface area contributed by atoms with Crippen LogP contribution in [0.25, 0.3) is 0 Å². The molecule has 4 nitrogen and oxygen atoms in total. The molecule has 1 aliphatic rings. The zero-order valence-electron chi connectivity index (χ0n) is 11.2. The lowest BCUT2D eigenvalue weighted by Gasteiger charge is -2.38. The molecule has 0 bridgehead atoms. The molecule has 1 saturated heterocycles.